The lowest BCUT2D eigenvalue weighted by molar-refractivity contribution is -0.119. The molecule has 3 rings (SSSR count). The van der Waals surface area contributed by atoms with E-state index in [1.165, 1.54) is 24.8 Å². The summed E-state index contributed by atoms with van der Waals surface area (Å²) < 4.78 is 7.13. The van der Waals surface area contributed by atoms with Crippen LogP contribution in [0.5, 0.6) is 0 Å². The second-order valence-corrected chi connectivity index (χ2v) is 7.87. The van der Waals surface area contributed by atoms with Gasteiger partial charge in [-0.1, -0.05) is 28.1 Å². The first-order valence-corrected chi connectivity index (χ1v) is 8.40. The van der Waals surface area contributed by atoms with Gasteiger partial charge in [0.05, 0.1) is 5.60 Å². The molecule has 3 heteroatoms. The number of nitrogens with one attached hydrogen (secondary N) is 1. The van der Waals surface area contributed by atoms with E-state index in [0.717, 1.165) is 24.2 Å². The summed E-state index contributed by atoms with van der Waals surface area (Å²) in [6, 6.07) is 8.90. The molecule has 2 nitrogen and oxygen atoms in total. The molecule has 0 saturated carbocycles. The van der Waals surface area contributed by atoms with Crippen LogP contribution in [0.4, 0.5) is 0 Å². The van der Waals surface area contributed by atoms with Gasteiger partial charge < -0.3 is 10.1 Å². The minimum atomic E-state index is 0.0171. The van der Waals surface area contributed by atoms with Gasteiger partial charge in [0, 0.05) is 23.5 Å². The van der Waals surface area contributed by atoms with E-state index in [0.29, 0.717) is 11.3 Å². The fourth-order valence-corrected chi connectivity index (χ4v) is 4.43. The van der Waals surface area contributed by atoms with Gasteiger partial charge in [0.25, 0.3) is 0 Å². The lowest BCUT2D eigenvalue weighted by Gasteiger charge is -2.52. The Balaban J connectivity index is 1.92. The van der Waals surface area contributed by atoms with Crippen molar-refractivity contribution in [1.82, 2.24) is 5.32 Å². The Morgan fingerprint density at radius 2 is 1.95 bits per heavy atom. The van der Waals surface area contributed by atoms with Gasteiger partial charge in [0.1, 0.15) is 0 Å². The first kappa shape index (κ1) is 14.6. The number of halogens is 1. The fraction of sp³-hybridized carbons (Fsp3) is 0.647. The van der Waals surface area contributed by atoms with Gasteiger partial charge in [-0.3, -0.25) is 0 Å². The molecule has 2 atom stereocenters. The lowest BCUT2D eigenvalue weighted by Crippen LogP contribution is -2.51. The third kappa shape index (κ3) is 2.81. The van der Waals surface area contributed by atoms with Crippen molar-refractivity contribution in [3.63, 3.8) is 0 Å². The Morgan fingerprint density at radius 3 is 2.65 bits per heavy atom. The maximum Gasteiger partial charge on any atom is 0.0632 e. The highest BCUT2D eigenvalue weighted by molar-refractivity contribution is 9.10. The Morgan fingerprint density at radius 1 is 1.20 bits per heavy atom. The molecule has 0 aliphatic carbocycles. The van der Waals surface area contributed by atoms with Crippen molar-refractivity contribution < 1.29 is 4.74 Å². The maximum atomic E-state index is 5.97. The number of hydrogen-bond donors (Lipinski definition) is 1. The minimum absolute atomic E-state index is 0.0171. The topological polar surface area (TPSA) is 21.3 Å². The van der Waals surface area contributed by atoms with Crippen LogP contribution in [0.25, 0.3) is 0 Å². The average molecular weight is 338 g/mol. The van der Waals surface area contributed by atoms with Crippen LogP contribution in [-0.2, 0) is 4.74 Å². The van der Waals surface area contributed by atoms with Crippen LogP contribution >= 0.6 is 15.9 Å². The van der Waals surface area contributed by atoms with Crippen molar-refractivity contribution >= 4 is 15.9 Å². The first-order valence-electron chi connectivity index (χ1n) is 7.61. The van der Waals surface area contributed by atoms with E-state index in [4.69, 9.17) is 4.74 Å². The molecule has 2 heterocycles. The van der Waals surface area contributed by atoms with Crippen LogP contribution in [0.15, 0.2) is 28.7 Å². The third-order valence-electron chi connectivity index (χ3n) is 5.03. The molecule has 1 aromatic rings. The number of hydrogen-bond acceptors (Lipinski definition) is 2. The van der Waals surface area contributed by atoms with E-state index in [2.05, 4.69) is 59.4 Å². The Bertz CT molecular complexity index is 466. The number of piperidine rings is 1. The second-order valence-electron chi connectivity index (χ2n) is 6.96. The molecule has 20 heavy (non-hydrogen) atoms. The Kier molecular flexibility index (Phi) is 3.95. The summed E-state index contributed by atoms with van der Waals surface area (Å²) in [6.07, 6.45) is 3.63. The Labute approximate surface area is 130 Å². The van der Waals surface area contributed by atoms with E-state index in [1.807, 2.05) is 0 Å². The van der Waals surface area contributed by atoms with Crippen molar-refractivity contribution in [2.45, 2.75) is 44.6 Å². The molecule has 110 valence electrons. The predicted octanol–water partition coefficient (Wildman–Crippen LogP) is 4.10. The van der Waals surface area contributed by atoms with E-state index in [1.54, 1.807) is 0 Å². The lowest BCUT2D eigenvalue weighted by atomic mass is 9.60. The van der Waals surface area contributed by atoms with Crippen LogP contribution in [0.1, 0.15) is 44.6 Å². The van der Waals surface area contributed by atoms with Crippen molar-refractivity contribution in [3.05, 3.63) is 34.3 Å². The summed E-state index contributed by atoms with van der Waals surface area (Å²) in [5.74, 6) is 0.604. The molecule has 0 radical (unpaired) electrons. The zero-order valence-electron chi connectivity index (χ0n) is 12.4. The maximum absolute atomic E-state index is 5.97. The molecule has 0 amide bonds. The number of benzene rings is 1. The zero-order chi connectivity index (χ0) is 14.2. The highest BCUT2D eigenvalue weighted by atomic mass is 79.9. The quantitative estimate of drug-likeness (QED) is 0.832. The van der Waals surface area contributed by atoms with Crippen molar-refractivity contribution in [1.29, 1.82) is 0 Å². The normalized spacial score (nSPS) is 33.2. The summed E-state index contributed by atoms with van der Waals surface area (Å²) in [4.78, 5) is 0. The molecule has 1 spiro atoms. The van der Waals surface area contributed by atoms with Gasteiger partial charge in [-0.15, -0.1) is 0 Å². The molecule has 1 N–H and O–H groups in total. The van der Waals surface area contributed by atoms with Crippen LogP contribution in [0.3, 0.4) is 0 Å². The van der Waals surface area contributed by atoms with E-state index in [-0.39, 0.29) is 5.60 Å². The molecular weight excluding hydrogens is 314 g/mol. The van der Waals surface area contributed by atoms with E-state index in [9.17, 15) is 0 Å². The molecule has 2 unspecified atom stereocenters. The second kappa shape index (κ2) is 5.43. The summed E-state index contributed by atoms with van der Waals surface area (Å²) >= 11 is 3.54. The smallest absolute Gasteiger partial charge is 0.0632 e. The van der Waals surface area contributed by atoms with Crippen LogP contribution < -0.4 is 5.32 Å². The summed E-state index contributed by atoms with van der Waals surface area (Å²) in [7, 11) is 0. The molecule has 2 aliphatic heterocycles. The van der Waals surface area contributed by atoms with Crippen LogP contribution in [-0.4, -0.2) is 25.3 Å². The highest BCUT2D eigenvalue weighted by Gasteiger charge is 2.47. The van der Waals surface area contributed by atoms with Gasteiger partial charge in [-0.25, -0.2) is 0 Å². The fourth-order valence-electron chi connectivity index (χ4n) is 4.17. The molecule has 0 aromatic heterocycles. The monoisotopic (exact) mass is 337 g/mol. The molecule has 1 aromatic carbocycles. The van der Waals surface area contributed by atoms with Crippen molar-refractivity contribution in [2.24, 2.45) is 5.41 Å². The Hall–Kier alpha value is -0.380. The van der Waals surface area contributed by atoms with Crippen molar-refractivity contribution in [3.8, 4) is 0 Å². The molecule has 0 bridgehead atoms. The largest absolute Gasteiger partial charge is 0.376 e. The number of ether oxygens (including phenoxy) is 1. The summed E-state index contributed by atoms with van der Waals surface area (Å²) in [6.45, 7) is 7.63. The zero-order valence-corrected chi connectivity index (χ0v) is 14.0. The summed E-state index contributed by atoms with van der Waals surface area (Å²) in [5.41, 5.74) is 1.89. The number of rotatable bonds is 1. The van der Waals surface area contributed by atoms with Crippen LogP contribution in [0.2, 0.25) is 0 Å². The predicted molar refractivity (Wildman–Crippen MR) is 86.1 cm³/mol. The third-order valence-corrected chi connectivity index (χ3v) is 5.56. The highest BCUT2D eigenvalue weighted by Crippen LogP contribution is 2.51. The minimum Gasteiger partial charge on any atom is -0.376 e. The molecule has 2 aliphatic rings. The van der Waals surface area contributed by atoms with Crippen molar-refractivity contribution in [2.75, 3.05) is 19.7 Å². The average Bonchev–Trinajstić information content (AvgIpc) is 2.39. The summed E-state index contributed by atoms with van der Waals surface area (Å²) in [5, 5.41) is 3.59. The van der Waals surface area contributed by atoms with Crippen LogP contribution in [0, 0.1) is 5.41 Å². The van der Waals surface area contributed by atoms with Gasteiger partial charge in [-0.05, 0) is 62.8 Å². The molecular formula is C17H24BrNO. The van der Waals surface area contributed by atoms with E-state index < -0.39 is 0 Å². The molecule has 2 fully saturated rings. The standard InChI is InChI=1S/C17H24BrNO/c1-16(2)12-17(8-10-20-16)7-9-19-11-15(17)13-3-5-14(18)6-4-13/h3-6,15,19H,7-12H2,1-2H3. The SMILES string of the molecule is CC1(C)CC2(CCNCC2c2ccc(Br)cc2)CCO1. The van der Waals surface area contributed by atoms with Gasteiger partial charge in [0.2, 0.25) is 0 Å². The first-order chi connectivity index (χ1) is 9.51. The molecule has 2 saturated heterocycles. The van der Waals surface area contributed by atoms with Gasteiger partial charge in [-0.2, -0.15) is 0 Å². The van der Waals surface area contributed by atoms with Gasteiger partial charge in [0.15, 0.2) is 0 Å². The van der Waals surface area contributed by atoms with E-state index >= 15 is 0 Å². The van der Waals surface area contributed by atoms with Gasteiger partial charge >= 0.3 is 0 Å².